The molecule has 6 nitrogen and oxygen atoms in total. The summed E-state index contributed by atoms with van der Waals surface area (Å²) in [6.45, 7) is 4.17. The van der Waals surface area contributed by atoms with Crippen LogP contribution in [0.5, 0.6) is 0 Å². The molecule has 2 unspecified atom stereocenters. The molecule has 154 valence electrons. The van der Waals surface area contributed by atoms with Gasteiger partial charge in [0, 0.05) is 36.4 Å². The summed E-state index contributed by atoms with van der Waals surface area (Å²) in [6, 6.07) is 10.6. The van der Waals surface area contributed by atoms with Crippen molar-refractivity contribution in [3.8, 4) is 0 Å². The molecular formula is C22H29N5OS. The SMILES string of the molecule is CC(C)C(NC(=O)CCCC(Cc1ccccc1)Nc1nccs1)c1ncc[nH]1. The monoisotopic (exact) mass is 411 g/mol. The fourth-order valence-electron chi connectivity index (χ4n) is 3.35. The van der Waals surface area contributed by atoms with Crippen molar-refractivity contribution >= 4 is 22.4 Å². The maximum atomic E-state index is 12.5. The molecule has 0 bridgehead atoms. The average molecular weight is 412 g/mol. The summed E-state index contributed by atoms with van der Waals surface area (Å²) >= 11 is 1.60. The summed E-state index contributed by atoms with van der Waals surface area (Å²) in [5.74, 6) is 1.14. The van der Waals surface area contributed by atoms with Crippen LogP contribution >= 0.6 is 11.3 Å². The van der Waals surface area contributed by atoms with E-state index < -0.39 is 0 Å². The van der Waals surface area contributed by atoms with Crippen molar-refractivity contribution in [3.05, 3.63) is 65.7 Å². The maximum absolute atomic E-state index is 12.5. The lowest BCUT2D eigenvalue weighted by Crippen LogP contribution is -2.32. The van der Waals surface area contributed by atoms with Crippen LogP contribution in [0.2, 0.25) is 0 Å². The highest BCUT2D eigenvalue weighted by molar-refractivity contribution is 7.13. The molecule has 0 aliphatic rings. The number of nitrogens with zero attached hydrogens (tertiary/aromatic N) is 2. The van der Waals surface area contributed by atoms with E-state index in [1.807, 2.05) is 11.4 Å². The van der Waals surface area contributed by atoms with Crippen LogP contribution in [0, 0.1) is 5.92 Å². The van der Waals surface area contributed by atoms with Crippen LogP contribution in [-0.2, 0) is 11.2 Å². The summed E-state index contributed by atoms with van der Waals surface area (Å²) in [5, 5.41) is 9.54. The van der Waals surface area contributed by atoms with Gasteiger partial charge in [0.15, 0.2) is 5.13 Å². The van der Waals surface area contributed by atoms with Gasteiger partial charge in [-0.2, -0.15) is 0 Å². The fraction of sp³-hybridized carbons (Fsp3) is 0.409. The number of benzene rings is 1. The Kier molecular flexibility index (Phi) is 7.81. The Morgan fingerprint density at radius 3 is 2.66 bits per heavy atom. The Bertz CT molecular complexity index is 833. The molecule has 29 heavy (non-hydrogen) atoms. The molecule has 3 aromatic rings. The lowest BCUT2D eigenvalue weighted by Gasteiger charge is -2.21. The minimum Gasteiger partial charge on any atom is -0.358 e. The molecule has 1 aromatic carbocycles. The summed E-state index contributed by atoms with van der Waals surface area (Å²) in [4.78, 5) is 24.3. The summed E-state index contributed by atoms with van der Waals surface area (Å²) in [7, 11) is 0. The van der Waals surface area contributed by atoms with E-state index in [-0.39, 0.29) is 23.9 Å². The highest BCUT2D eigenvalue weighted by Gasteiger charge is 2.20. The van der Waals surface area contributed by atoms with Gasteiger partial charge in [0.1, 0.15) is 5.82 Å². The van der Waals surface area contributed by atoms with Gasteiger partial charge in [0.05, 0.1) is 6.04 Å². The number of carbonyl (C=O) groups excluding carboxylic acids is 1. The van der Waals surface area contributed by atoms with Crippen molar-refractivity contribution in [1.29, 1.82) is 0 Å². The third-order valence-electron chi connectivity index (χ3n) is 4.84. The standard InChI is InChI=1S/C22H29N5OS/c1-16(2)20(21-23-11-12-24-21)27-19(28)10-6-9-18(26-22-25-13-14-29-22)15-17-7-4-3-5-8-17/h3-5,7-8,11-14,16,18,20H,6,9-10,15H2,1-2H3,(H,23,24)(H,25,26)(H,27,28). The zero-order valence-electron chi connectivity index (χ0n) is 17.0. The zero-order valence-corrected chi connectivity index (χ0v) is 17.8. The molecule has 3 N–H and O–H groups in total. The van der Waals surface area contributed by atoms with E-state index in [0.717, 1.165) is 30.2 Å². The van der Waals surface area contributed by atoms with E-state index in [1.54, 1.807) is 29.9 Å². The second kappa shape index (κ2) is 10.8. The van der Waals surface area contributed by atoms with Crippen LogP contribution in [0.15, 0.2) is 54.3 Å². The first-order valence-corrected chi connectivity index (χ1v) is 11.0. The first-order valence-electron chi connectivity index (χ1n) is 10.1. The number of H-pyrrole nitrogens is 1. The van der Waals surface area contributed by atoms with E-state index >= 15 is 0 Å². The minimum atomic E-state index is -0.0916. The quantitative estimate of drug-likeness (QED) is 0.431. The topological polar surface area (TPSA) is 82.7 Å². The van der Waals surface area contributed by atoms with Crippen molar-refractivity contribution < 1.29 is 4.79 Å². The van der Waals surface area contributed by atoms with Crippen LogP contribution in [0.4, 0.5) is 5.13 Å². The van der Waals surface area contributed by atoms with Crippen molar-refractivity contribution in [1.82, 2.24) is 20.3 Å². The van der Waals surface area contributed by atoms with Gasteiger partial charge in [0.25, 0.3) is 0 Å². The molecule has 0 saturated carbocycles. The summed E-state index contributed by atoms with van der Waals surface area (Å²) in [5.41, 5.74) is 1.28. The van der Waals surface area contributed by atoms with Gasteiger partial charge >= 0.3 is 0 Å². The predicted octanol–water partition coefficient (Wildman–Crippen LogP) is 4.57. The van der Waals surface area contributed by atoms with Gasteiger partial charge in [-0.1, -0.05) is 44.2 Å². The Morgan fingerprint density at radius 1 is 1.17 bits per heavy atom. The number of hydrogen-bond donors (Lipinski definition) is 3. The number of anilines is 1. The molecule has 0 saturated heterocycles. The van der Waals surface area contributed by atoms with E-state index in [1.165, 1.54) is 5.56 Å². The van der Waals surface area contributed by atoms with Gasteiger partial charge in [-0.25, -0.2) is 9.97 Å². The Labute approximate surface area is 176 Å². The number of nitrogens with one attached hydrogen (secondary N) is 3. The number of carbonyl (C=O) groups is 1. The largest absolute Gasteiger partial charge is 0.358 e. The van der Waals surface area contributed by atoms with E-state index in [4.69, 9.17) is 0 Å². The minimum absolute atomic E-state index is 0.0628. The molecule has 0 spiro atoms. The third kappa shape index (κ3) is 6.71. The van der Waals surface area contributed by atoms with Crippen LogP contribution < -0.4 is 10.6 Å². The average Bonchev–Trinajstić information content (AvgIpc) is 3.41. The molecule has 3 rings (SSSR count). The van der Waals surface area contributed by atoms with Crippen molar-refractivity contribution in [2.45, 2.75) is 51.6 Å². The van der Waals surface area contributed by atoms with Gasteiger partial charge in [0.2, 0.25) is 5.91 Å². The lowest BCUT2D eigenvalue weighted by atomic mass is 10.00. The first kappa shape index (κ1) is 21.0. The molecule has 0 fully saturated rings. The van der Waals surface area contributed by atoms with Gasteiger partial charge in [-0.3, -0.25) is 4.79 Å². The summed E-state index contributed by atoms with van der Waals surface area (Å²) < 4.78 is 0. The smallest absolute Gasteiger partial charge is 0.220 e. The van der Waals surface area contributed by atoms with Gasteiger partial charge in [-0.15, -0.1) is 11.3 Å². The van der Waals surface area contributed by atoms with Crippen molar-refractivity contribution in [2.75, 3.05) is 5.32 Å². The molecule has 0 aliphatic heterocycles. The Balaban J connectivity index is 1.52. The van der Waals surface area contributed by atoms with Crippen LogP contribution in [0.3, 0.4) is 0 Å². The second-order valence-electron chi connectivity index (χ2n) is 7.52. The Hall–Kier alpha value is -2.67. The lowest BCUT2D eigenvalue weighted by molar-refractivity contribution is -0.122. The molecule has 2 aromatic heterocycles. The van der Waals surface area contributed by atoms with Gasteiger partial charge in [-0.05, 0) is 30.7 Å². The number of imidazole rings is 1. The predicted molar refractivity (Wildman–Crippen MR) is 118 cm³/mol. The van der Waals surface area contributed by atoms with Crippen molar-refractivity contribution in [3.63, 3.8) is 0 Å². The molecular weight excluding hydrogens is 382 g/mol. The molecule has 0 radical (unpaired) electrons. The van der Waals surface area contributed by atoms with E-state index in [9.17, 15) is 4.79 Å². The molecule has 0 aliphatic carbocycles. The number of thiazole rings is 1. The van der Waals surface area contributed by atoms with E-state index in [0.29, 0.717) is 6.42 Å². The van der Waals surface area contributed by atoms with Crippen LogP contribution in [-0.4, -0.2) is 26.9 Å². The zero-order chi connectivity index (χ0) is 20.5. The second-order valence-corrected chi connectivity index (χ2v) is 8.42. The van der Waals surface area contributed by atoms with Crippen LogP contribution in [0.1, 0.15) is 50.5 Å². The third-order valence-corrected chi connectivity index (χ3v) is 5.54. The normalized spacial score (nSPS) is 13.2. The number of aromatic nitrogens is 3. The number of amides is 1. The molecule has 2 atom stereocenters. The van der Waals surface area contributed by atoms with Gasteiger partial charge < -0.3 is 15.6 Å². The number of hydrogen-bond acceptors (Lipinski definition) is 5. The number of aromatic amines is 1. The molecule has 2 heterocycles. The van der Waals surface area contributed by atoms with Crippen molar-refractivity contribution in [2.24, 2.45) is 5.92 Å². The molecule has 1 amide bonds. The highest BCUT2D eigenvalue weighted by atomic mass is 32.1. The maximum Gasteiger partial charge on any atom is 0.220 e. The molecule has 7 heteroatoms. The Morgan fingerprint density at radius 2 is 2.00 bits per heavy atom. The van der Waals surface area contributed by atoms with E-state index in [2.05, 4.69) is 63.7 Å². The van der Waals surface area contributed by atoms with Crippen LogP contribution in [0.25, 0.3) is 0 Å². The first-order chi connectivity index (χ1) is 14.1. The number of rotatable bonds is 11. The summed E-state index contributed by atoms with van der Waals surface area (Å²) in [6.07, 6.45) is 8.42. The fourth-order valence-corrected chi connectivity index (χ4v) is 3.95. The highest BCUT2D eigenvalue weighted by Crippen LogP contribution is 2.20.